The third kappa shape index (κ3) is 5.59. The van der Waals surface area contributed by atoms with E-state index in [2.05, 4.69) is 31.4 Å². The maximum Gasteiger partial charge on any atom is 0.305 e. The van der Waals surface area contributed by atoms with Gasteiger partial charge in [0.15, 0.2) is 0 Å². The number of hydrogen-bond acceptors (Lipinski definition) is 5. The van der Waals surface area contributed by atoms with Gasteiger partial charge in [-0.15, -0.1) is 0 Å². The van der Waals surface area contributed by atoms with Crippen LogP contribution in [0.2, 0.25) is 0 Å². The Morgan fingerprint density at radius 2 is 1.82 bits per heavy atom. The maximum atomic E-state index is 13.4. The zero-order chi connectivity index (χ0) is 28.6. The fourth-order valence-electron chi connectivity index (χ4n) is 5.79. The molecule has 1 fully saturated rings. The van der Waals surface area contributed by atoms with Crippen LogP contribution < -0.4 is 10.6 Å². The van der Waals surface area contributed by atoms with Crippen LogP contribution in [0.25, 0.3) is 27.8 Å². The van der Waals surface area contributed by atoms with Crippen LogP contribution >= 0.6 is 0 Å². The highest BCUT2D eigenvalue weighted by Crippen LogP contribution is 2.37. The lowest BCUT2D eigenvalue weighted by atomic mass is 9.82. The summed E-state index contributed by atoms with van der Waals surface area (Å²) in [4.78, 5) is 42.3. The Bertz CT molecular complexity index is 1590. The number of imidazole rings is 1. The van der Waals surface area contributed by atoms with E-state index in [0.717, 1.165) is 54.4 Å². The molecule has 1 amide bonds. The molecule has 1 aliphatic carbocycles. The number of fused-ring (bicyclic) bond motifs is 2. The van der Waals surface area contributed by atoms with Gasteiger partial charge in [0.1, 0.15) is 17.2 Å². The molecule has 1 atom stereocenters. The van der Waals surface area contributed by atoms with Crippen LogP contribution in [0.15, 0.2) is 48.8 Å². The number of rotatable bonds is 7. The summed E-state index contributed by atoms with van der Waals surface area (Å²) in [7, 11) is 0. The predicted octanol–water partition coefficient (Wildman–Crippen LogP) is 5.98. The molecule has 3 heterocycles. The number of carboxylic acid groups (broad SMARTS) is 1. The highest BCUT2D eigenvalue weighted by Gasteiger charge is 2.28. The van der Waals surface area contributed by atoms with Crippen molar-refractivity contribution in [2.45, 2.75) is 77.8 Å². The number of nitrogens with one attached hydrogen (secondary N) is 2. The molecule has 0 aliphatic heterocycles. The molecule has 0 saturated heterocycles. The number of benzene rings is 1. The first-order chi connectivity index (χ1) is 19.0. The van der Waals surface area contributed by atoms with Gasteiger partial charge in [0.25, 0.3) is 5.91 Å². The second-order valence-electron chi connectivity index (χ2n) is 11.9. The quantitative estimate of drug-likeness (QED) is 0.264. The summed E-state index contributed by atoms with van der Waals surface area (Å²) < 4.78 is 3.54. The molecular weight excluding hydrogens is 506 g/mol. The molecule has 40 heavy (non-hydrogen) atoms. The minimum Gasteiger partial charge on any atom is -0.481 e. The molecule has 1 saturated carbocycles. The van der Waals surface area contributed by atoms with Crippen LogP contribution in [0.5, 0.6) is 0 Å². The molecule has 0 bridgehead atoms. The second-order valence-corrected chi connectivity index (χ2v) is 11.9. The smallest absolute Gasteiger partial charge is 0.305 e. The Labute approximate surface area is 233 Å². The highest BCUT2D eigenvalue weighted by atomic mass is 16.4. The van der Waals surface area contributed by atoms with Crippen LogP contribution in [-0.4, -0.2) is 48.4 Å². The SMILES string of the molecule is CC(=O)n1cc(-c2nc3cc(C(=O)NC(CC(=O)O)C4CCCCC4)ccn3c2NC(C)(C)C)c2ccccc21. The molecule has 1 aromatic carbocycles. The van der Waals surface area contributed by atoms with Crippen molar-refractivity contribution in [3.63, 3.8) is 0 Å². The van der Waals surface area contributed by atoms with Gasteiger partial charge in [-0.25, -0.2) is 4.98 Å². The van der Waals surface area contributed by atoms with Crippen LogP contribution in [0.3, 0.4) is 0 Å². The van der Waals surface area contributed by atoms with E-state index in [0.29, 0.717) is 16.9 Å². The van der Waals surface area contributed by atoms with Crippen molar-refractivity contribution >= 4 is 40.2 Å². The monoisotopic (exact) mass is 543 g/mol. The fraction of sp³-hybridized carbons (Fsp3) is 0.419. The van der Waals surface area contributed by atoms with Crippen LogP contribution in [0, 0.1) is 5.92 Å². The average molecular weight is 544 g/mol. The van der Waals surface area contributed by atoms with Gasteiger partial charge >= 0.3 is 5.97 Å². The Hall–Kier alpha value is -4.14. The summed E-state index contributed by atoms with van der Waals surface area (Å²) in [5.41, 5.74) is 2.99. The first-order valence-corrected chi connectivity index (χ1v) is 14.0. The van der Waals surface area contributed by atoms with Crippen molar-refractivity contribution in [3.05, 3.63) is 54.4 Å². The number of carboxylic acids is 1. The van der Waals surface area contributed by atoms with Crippen LogP contribution in [-0.2, 0) is 4.79 Å². The van der Waals surface area contributed by atoms with Crippen molar-refractivity contribution in [1.29, 1.82) is 0 Å². The van der Waals surface area contributed by atoms with Gasteiger partial charge in [0.05, 0.1) is 11.9 Å². The van der Waals surface area contributed by atoms with Gasteiger partial charge in [-0.1, -0.05) is 37.5 Å². The van der Waals surface area contributed by atoms with Gasteiger partial charge in [0, 0.05) is 47.4 Å². The minimum absolute atomic E-state index is 0.0912. The maximum absolute atomic E-state index is 13.4. The Morgan fingerprint density at radius 1 is 1.10 bits per heavy atom. The van der Waals surface area contributed by atoms with Crippen LogP contribution in [0.4, 0.5) is 5.82 Å². The van der Waals surface area contributed by atoms with Crippen molar-refractivity contribution < 1.29 is 19.5 Å². The van der Waals surface area contributed by atoms with E-state index in [9.17, 15) is 19.5 Å². The van der Waals surface area contributed by atoms with Gasteiger partial charge in [-0.2, -0.15) is 0 Å². The number of anilines is 1. The lowest BCUT2D eigenvalue weighted by Gasteiger charge is -2.30. The van der Waals surface area contributed by atoms with E-state index in [1.165, 1.54) is 6.92 Å². The third-order valence-electron chi connectivity index (χ3n) is 7.62. The first kappa shape index (κ1) is 27.4. The first-order valence-electron chi connectivity index (χ1n) is 14.0. The van der Waals surface area contributed by atoms with E-state index in [1.807, 2.05) is 41.1 Å². The number of hydrogen-bond donors (Lipinski definition) is 3. The van der Waals surface area contributed by atoms with Crippen molar-refractivity contribution in [3.8, 4) is 11.3 Å². The van der Waals surface area contributed by atoms with E-state index < -0.39 is 12.0 Å². The molecule has 0 spiro atoms. The van der Waals surface area contributed by atoms with E-state index in [1.54, 1.807) is 16.7 Å². The molecule has 4 aromatic rings. The number of carbonyl (C=O) groups is 3. The number of carbonyl (C=O) groups excluding carboxylic acids is 2. The number of nitrogens with zero attached hydrogens (tertiary/aromatic N) is 3. The summed E-state index contributed by atoms with van der Waals surface area (Å²) in [6.45, 7) is 7.71. The summed E-state index contributed by atoms with van der Waals surface area (Å²) >= 11 is 0. The number of aliphatic carboxylic acids is 1. The largest absolute Gasteiger partial charge is 0.481 e. The number of para-hydroxylation sites is 1. The molecule has 9 nitrogen and oxygen atoms in total. The van der Waals surface area contributed by atoms with Gasteiger partial charge in [-0.05, 0) is 57.7 Å². The fourth-order valence-corrected chi connectivity index (χ4v) is 5.79. The van der Waals surface area contributed by atoms with E-state index in [4.69, 9.17) is 4.98 Å². The Balaban J connectivity index is 1.56. The summed E-state index contributed by atoms with van der Waals surface area (Å²) in [6.07, 6.45) is 8.66. The third-order valence-corrected chi connectivity index (χ3v) is 7.62. The Kier molecular flexibility index (Phi) is 7.40. The molecule has 1 aliphatic rings. The molecular formula is C31H37N5O4. The van der Waals surface area contributed by atoms with Gasteiger partial charge < -0.3 is 15.7 Å². The van der Waals surface area contributed by atoms with Gasteiger partial charge in [0.2, 0.25) is 5.91 Å². The molecule has 210 valence electrons. The molecule has 9 heteroatoms. The summed E-state index contributed by atoms with van der Waals surface area (Å²) in [5, 5.41) is 17.0. The average Bonchev–Trinajstić information content (AvgIpc) is 3.46. The zero-order valence-electron chi connectivity index (χ0n) is 23.5. The minimum atomic E-state index is -0.910. The molecule has 1 unspecified atom stereocenters. The number of pyridine rings is 1. The summed E-state index contributed by atoms with van der Waals surface area (Å²) in [6, 6.07) is 10.8. The molecule has 3 aromatic heterocycles. The van der Waals surface area contributed by atoms with Crippen molar-refractivity contribution in [2.75, 3.05) is 5.32 Å². The van der Waals surface area contributed by atoms with Crippen molar-refractivity contribution in [1.82, 2.24) is 19.3 Å². The van der Waals surface area contributed by atoms with Gasteiger partial charge in [-0.3, -0.25) is 23.4 Å². The topological polar surface area (TPSA) is 118 Å². The lowest BCUT2D eigenvalue weighted by molar-refractivity contribution is -0.137. The standard InChI is InChI=1S/C31H37N5O4/c1-19(37)36-18-23(22-12-8-9-13-25(22)36)28-29(34-31(2,3)4)35-15-14-21(16-26(35)33-28)30(40)32-24(17-27(38)39)20-10-6-5-7-11-20/h8-9,12-16,18,20,24,34H,5-7,10-11,17H2,1-4H3,(H,32,40)(H,38,39). The normalized spacial score (nSPS) is 15.3. The molecule has 5 rings (SSSR count). The number of amides is 1. The second kappa shape index (κ2) is 10.8. The number of aromatic nitrogens is 3. The lowest BCUT2D eigenvalue weighted by Crippen LogP contribution is -2.42. The van der Waals surface area contributed by atoms with E-state index in [-0.39, 0.29) is 29.7 Å². The molecule has 3 N–H and O–H groups in total. The highest BCUT2D eigenvalue weighted by molar-refractivity contribution is 6.03. The zero-order valence-corrected chi connectivity index (χ0v) is 23.5. The van der Waals surface area contributed by atoms with Crippen molar-refractivity contribution in [2.24, 2.45) is 5.92 Å². The Morgan fingerprint density at radius 3 is 2.50 bits per heavy atom. The predicted molar refractivity (Wildman–Crippen MR) is 156 cm³/mol. The molecule has 0 radical (unpaired) electrons. The van der Waals surface area contributed by atoms with Crippen LogP contribution in [0.1, 0.15) is 81.4 Å². The van der Waals surface area contributed by atoms with E-state index >= 15 is 0 Å². The summed E-state index contributed by atoms with van der Waals surface area (Å²) in [5.74, 6) is -0.387.